The standard InChI is InChI=1S/C17H15NOS/c1-2-19-17-11-7-15(8-12-17)4-3-14-5-9-16(10-6-14)18-13-20/h3-12H,2H2,1H3/b4-3+. The van der Waals surface area contributed by atoms with Crippen molar-refractivity contribution in [1.82, 2.24) is 0 Å². The first-order valence-electron chi connectivity index (χ1n) is 6.40. The van der Waals surface area contributed by atoms with E-state index in [4.69, 9.17) is 4.74 Å². The first-order chi connectivity index (χ1) is 9.81. The molecule has 0 atom stereocenters. The fourth-order valence-corrected chi connectivity index (χ4v) is 1.85. The van der Waals surface area contributed by atoms with Crippen molar-refractivity contribution in [3.63, 3.8) is 0 Å². The van der Waals surface area contributed by atoms with Crippen LogP contribution in [0.25, 0.3) is 12.2 Å². The minimum absolute atomic E-state index is 0.686. The van der Waals surface area contributed by atoms with Gasteiger partial charge in [0.05, 0.1) is 17.5 Å². The normalized spacial score (nSPS) is 10.2. The molecule has 0 heterocycles. The Hall–Kier alpha value is -2.22. The molecule has 0 radical (unpaired) electrons. The molecule has 0 saturated carbocycles. The lowest BCUT2D eigenvalue weighted by Crippen LogP contribution is -1.90. The summed E-state index contributed by atoms with van der Waals surface area (Å²) in [6, 6.07) is 15.8. The molecule has 2 aromatic carbocycles. The number of hydrogen-bond donors (Lipinski definition) is 0. The molecule has 0 aromatic heterocycles. The van der Waals surface area contributed by atoms with Crippen molar-refractivity contribution in [3.05, 3.63) is 59.7 Å². The van der Waals surface area contributed by atoms with E-state index >= 15 is 0 Å². The summed E-state index contributed by atoms with van der Waals surface area (Å²) in [5.41, 5.74) is 3.06. The van der Waals surface area contributed by atoms with Gasteiger partial charge in [-0.25, -0.2) is 0 Å². The minimum Gasteiger partial charge on any atom is -0.494 e. The van der Waals surface area contributed by atoms with Crippen LogP contribution in [0.2, 0.25) is 0 Å². The Morgan fingerprint density at radius 3 is 2.05 bits per heavy atom. The van der Waals surface area contributed by atoms with Gasteiger partial charge in [-0.3, -0.25) is 0 Å². The maximum Gasteiger partial charge on any atom is 0.119 e. The number of nitrogens with zero attached hydrogens (tertiary/aromatic N) is 1. The molecule has 100 valence electrons. The van der Waals surface area contributed by atoms with Gasteiger partial charge in [-0.15, -0.1) is 0 Å². The molecular weight excluding hydrogens is 266 g/mol. The van der Waals surface area contributed by atoms with Crippen molar-refractivity contribution in [2.45, 2.75) is 6.92 Å². The second-order valence-corrected chi connectivity index (χ2v) is 4.31. The highest BCUT2D eigenvalue weighted by Crippen LogP contribution is 2.16. The molecule has 0 bridgehead atoms. The van der Waals surface area contributed by atoms with Crippen molar-refractivity contribution >= 4 is 35.2 Å². The van der Waals surface area contributed by atoms with Gasteiger partial charge < -0.3 is 4.74 Å². The number of benzene rings is 2. The van der Waals surface area contributed by atoms with E-state index in [0.717, 1.165) is 22.6 Å². The monoisotopic (exact) mass is 281 g/mol. The predicted molar refractivity (Wildman–Crippen MR) is 87.7 cm³/mol. The first-order valence-corrected chi connectivity index (χ1v) is 6.81. The van der Waals surface area contributed by atoms with Gasteiger partial charge in [-0.1, -0.05) is 36.4 Å². The fourth-order valence-electron chi connectivity index (χ4n) is 1.75. The van der Waals surface area contributed by atoms with Crippen LogP contribution in [0, 0.1) is 0 Å². The molecule has 0 N–H and O–H groups in total. The second-order valence-electron chi connectivity index (χ2n) is 4.13. The van der Waals surface area contributed by atoms with Crippen molar-refractivity contribution in [2.24, 2.45) is 4.99 Å². The molecular formula is C17H15NOS. The zero-order valence-electron chi connectivity index (χ0n) is 11.2. The third-order valence-corrected chi connectivity index (χ3v) is 2.82. The van der Waals surface area contributed by atoms with Gasteiger partial charge in [0.15, 0.2) is 0 Å². The molecule has 0 aliphatic heterocycles. The van der Waals surface area contributed by atoms with E-state index in [1.807, 2.05) is 55.5 Å². The third kappa shape index (κ3) is 4.16. The molecule has 0 spiro atoms. The van der Waals surface area contributed by atoms with Crippen LogP contribution >= 0.6 is 12.2 Å². The Kier molecular flexibility index (Phi) is 5.24. The molecule has 2 rings (SSSR count). The molecule has 2 aromatic rings. The largest absolute Gasteiger partial charge is 0.494 e. The highest BCUT2D eigenvalue weighted by atomic mass is 32.1. The van der Waals surface area contributed by atoms with Crippen LogP contribution in [0.15, 0.2) is 53.5 Å². The van der Waals surface area contributed by atoms with Gasteiger partial charge in [0, 0.05) is 0 Å². The van der Waals surface area contributed by atoms with Gasteiger partial charge in [-0.2, -0.15) is 4.99 Å². The summed E-state index contributed by atoms with van der Waals surface area (Å²) in [5, 5.41) is 2.36. The lowest BCUT2D eigenvalue weighted by atomic mass is 10.1. The van der Waals surface area contributed by atoms with E-state index in [1.165, 1.54) is 0 Å². The maximum absolute atomic E-state index is 5.41. The van der Waals surface area contributed by atoms with Crippen LogP contribution in [-0.2, 0) is 0 Å². The fraction of sp³-hybridized carbons (Fsp3) is 0.118. The van der Waals surface area contributed by atoms with Gasteiger partial charge in [0.2, 0.25) is 0 Å². The van der Waals surface area contributed by atoms with E-state index in [0.29, 0.717) is 6.61 Å². The highest BCUT2D eigenvalue weighted by Gasteiger charge is 1.92. The number of aliphatic imine (C=N–C) groups is 1. The summed E-state index contributed by atoms with van der Waals surface area (Å²) in [6.45, 7) is 2.66. The molecule has 0 amide bonds. The first kappa shape index (κ1) is 14.2. The smallest absolute Gasteiger partial charge is 0.119 e. The highest BCUT2D eigenvalue weighted by molar-refractivity contribution is 7.78. The summed E-state index contributed by atoms with van der Waals surface area (Å²) in [5.74, 6) is 0.895. The minimum atomic E-state index is 0.686. The zero-order valence-corrected chi connectivity index (χ0v) is 12.1. The van der Waals surface area contributed by atoms with Crippen LogP contribution in [0.5, 0.6) is 5.75 Å². The lowest BCUT2D eigenvalue weighted by molar-refractivity contribution is 0.340. The molecule has 0 unspecified atom stereocenters. The van der Waals surface area contributed by atoms with Crippen LogP contribution in [0.4, 0.5) is 5.69 Å². The topological polar surface area (TPSA) is 21.6 Å². The number of thiocarbonyl (C=S) groups is 1. The summed E-state index contributed by atoms with van der Waals surface area (Å²) >= 11 is 4.57. The Balaban J connectivity index is 2.06. The Morgan fingerprint density at radius 1 is 1.00 bits per heavy atom. The Labute approximate surface area is 124 Å². The van der Waals surface area contributed by atoms with Crippen molar-refractivity contribution in [1.29, 1.82) is 0 Å². The van der Waals surface area contributed by atoms with Crippen molar-refractivity contribution in [2.75, 3.05) is 6.61 Å². The van der Waals surface area contributed by atoms with Crippen LogP contribution < -0.4 is 4.74 Å². The average molecular weight is 281 g/mol. The van der Waals surface area contributed by atoms with Crippen LogP contribution in [0.1, 0.15) is 18.1 Å². The molecule has 20 heavy (non-hydrogen) atoms. The summed E-state index contributed by atoms with van der Waals surface area (Å²) < 4.78 is 5.41. The number of isothiocyanates is 1. The molecule has 0 saturated heterocycles. The van der Waals surface area contributed by atoms with Crippen LogP contribution in [0.3, 0.4) is 0 Å². The summed E-state index contributed by atoms with van der Waals surface area (Å²) in [4.78, 5) is 3.92. The lowest BCUT2D eigenvalue weighted by Gasteiger charge is -2.02. The number of rotatable bonds is 5. The quantitative estimate of drug-likeness (QED) is 0.437. The van der Waals surface area contributed by atoms with Crippen LogP contribution in [-0.4, -0.2) is 11.8 Å². The Bertz CT molecular complexity index is 623. The van der Waals surface area contributed by atoms with E-state index in [2.05, 4.69) is 34.5 Å². The summed E-state index contributed by atoms with van der Waals surface area (Å²) in [7, 11) is 0. The average Bonchev–Trinajstić information content (AvgIpc) is 2.49. The van der Waals surface area contributed by atoms with E-state index < -0.39 is 0 Å². The maximum atomic E-state index is 5.41. The Morgan fingerprint density at radius 2 is 1.55 bits per heavy atom. The zero-order chi connectivity index (χ0) is 14.2. The number of hydrogen-bond acceptors (Lipinski definition) is 3. The molecule has 0 aliphatic carbocycles. The van der Waals surface area contributed by atoms with E-state index in [-0.39, 0.29) is 0 Å². The van der Waals surface area contributed by atoms with Gasteiger partial charge in [0.25, 0.3) is 0 Å². The molecule has 0 aliphatic rings. The third-order valence-electron chi connectivity index (χ3n) is 2.73. The van der Waals surface area contributed by atoms with Crippen molar-refractivity contribution in [3.8, 4) is 5.75 Å². The molecule has 2 nitrogen and oxygen atoms in total. The molecule has 3 heteroatoms. The molecule has 0 fully saturated rings. The van der Waals surface area contributed by atoms with Crippen molar-refractivity contribution < 1.29 is 4.74 Å². The van der Waals surface area contributed by atoms with E-state index in [1.54, 1.807) is 0 Å². The van der Waals surface area contributed by atoms with E-state index in [9.17, 15) is 0 Å². The van der Waals surface area contributed by atoms with Gasteiger partial charge in [-0.05, 0) is 54.5 Å². The SMILES string of the molecule is CCOc1ccc(/C=C/c2ccc(N=C=S)cc2)cc1. The second kappa shape index (κ2) is 7.39. The predicted octanol–water partition coefficient (Wildman–Crippen LogP) is 4.99. The number of ether oxygens (including phenoxy) is 1. The van der Waals surface area contributed by atoms with Gasteiger partial charge >= 0.3 is 0 Å². The van der Waals surface area contributed by atoms with Gasteiger partial charge in [0.1, 0.15) is 5.75 Å². The summed E-state index contributed by atoms with van der Waals surface area (Å²) in [6.07, 6.45) is 4.12.